The van der Waals surface area contributed by atoms with Crippen LogP contribution < -0.4 is 4.90 Å². The molecule has 0 radical (unpaired) electrons. The molecule has 6 rings (SSSR count). The summed E-state index contributed by atoms with van der Waals surface area (Å²) in [7, 11) is 0. The van der Waals surface area contributed by atoms with Gasteiger partial charge in [0.2, 0.25) is 5.91 Å². The van der Waals surface area contributed by atoms with Crippen molar-refractivity contribution in [2.24, 2.45) is 0 Å². The van der Waals surface area contributed by atoms with Crippen LogP contribution in [0.3, 0.4) is 0 Å². The number of nitrogens with zero attached hydrogens (tertiary/aromatic N) is 3. The van der Waals surface area contributed by atoms with E-state index in [4.69, 9.17) is 0 Å². The minimum Gasteiger partial charge on any atom is -0.301 e. The van der Waals surface area contributed by atoms with Crippen LogP contribution in [0.2, 0.25) is 0 Å². The maximum atomic E-state index is 11.9. The van der Waals surface area contributed by atoms with Crippen molar-refractivity contribution in [3.63, 3.8) is 0 Å². The molecule has 2 aromatic heterocycles. The summed E-state index contributed by atoms with van der Waals surface area (Å²) in [5, 5.41) is 0. The van der Waals surface area contributed by atoms with Gasteiger partial charge in [-0.25, -0.2) is 0 Å². The number of aromatic nitrogens is 2. The fraction of sp³-hybridized carbons (Fsp3) is 0.0333. The molecule has 1 amide bonds. The highest BCUT2D eigenvalue weighted by atomic mass is 16.2. The van der Waals surface area contributed by atoms with E-state index in [1.807, 2.05) is 36.4 Å². The molecule has 1 aliphatic rings. The first-order valence-corrected chi connectivity index (χ1v) is 11.2. The lowest BCUT2D eigenvalue weighted by Crippen LogP contribution is -1.95. The molecule has 1 aliphatic heterocycles. The smallest absolute Gasteiger partial charge is 0.247 e. The fourth-order valence-electron chi connectivity index (χ4n) is 4.17. The number of benzene rings is 3. The third-order valence-corrected chi connectivity index (χ3v) is 6.08. The maximum Gasteiger partial charge on any atom is 0.247 e. The topological polar surface area (TPSA) is 45.9 Å². The summed E-state index contributed by atoms with van der Waals surface area (Å²) in [4.78, 5) is 22.6. The Morgan fingerprint density at radius 3 is 1.35 bits per heavy atom. The third-order valence-electron chi connectivity index (χ3n) is 6.08. The Balaban J connectivity index is 1.37. The molecule has 1 fully saturated rings. The predicted octanol–water partition coefficient (Wildman–Crippen LogP) is 6.49. The highest BCUT2D eigenvalue weighted by Crippen LogP contribution is 2.35. The maximum absolute atomic E-state index is 11.9. The van der Waals surface area contributed by atoms with E-state index in [0.717, 1.165) is 50.5 Å². The van der Waals surface area contributed by atoms with Crippen LogP contribution in [0.4, 0.5) is 5.69 Å². The monoisotopic (exact) mass is 439 g/mol. The largest absolute Gasteiger partial charge is 0.301 e. The van der Waals surface area contributed by atoms with E-state index in [0.29, 0.717) is 6.54 Å². The van der Waals surface area contributed by atoms with Gasteiger partial charge < -0.3 is 4.90 Å². The lowest BCUT2D eigenvalue weighted by atomic mass is 9.96. The zero-order valence-corrected chi connectivity index (χ0v) is 18.4. The van der Waals surface area contributed by atoms with Gasteiger partial charge in [-0.1, -0.05) is 60.7 Å². The molecule has 3 heterocycles. The second-order valence-corrected chi connectivity index (χ2v) is 8.33. The van der Waals surface area contributed by atoms with Crippen LogP contribution in [-0.2, 0) is 4.79 Å². The van der Waals surface area contributed by atoms with E-state index < -0.39 is 0 Å². The van der Waals surface area contributed by atoms with Crippen LogP contribution >= 0.6 is 0 Å². The molecule has 0 aliphatic carbocycles. The van der Waals surface area contributed by atoms with Crippen molar-refractivity contribution in [2.45, 2.75) is 0 Å². The first-order chi connectivity index (χ1) is 16.7. The zero-order chi connectivity index (χ0) is 22.9. The van der Waals surface area contributed by atoms with Gasteiger partial charge >= 0.3 is 0 Å². The molecule has 1 saturated heterocycles. The average molecular weight is 440 g/mol. The molecule has 0 atom stereocenters. The number of carbonyl (C=O) groups excluding carboxylic acids is 1. The van der Waals surface area contributed by atoms with Crippen LogP contribution in [-0.4, -0.2) is 22.4 Å². The van der Waals surface area contributed by atoms with Crippen LogP contribution in [0, 0.1) is 0 Å². The van der Waals surface area contributed by atoms with Crippen LogP contribution in [0.25, 0.3) is 44.8 Å². The molecule has 4 nitrogen and oxygen atoms in total. The first kappa shape index (κ1) is 20.1. The Morgan fingerprint density at radius 2 is 0.971 bits per heavy atom. The third kappa shape index (κ3) is 3.97. The quantitative estimate of drug-likeness (QED) is 0.294. The number of amides is 1. The highest BCUT2D eigenvalue weighted by molar-refractivity contribution is 6.12. The summed E-state index contributed by atoms with van der Waals surface area (Å²) in [6, 6.07) is 35.0. The molecule has 34 heavy (non-hydrogen) atoms. The minimum atomic E-state index is 0.152. The molecule has 0 saturated carbocycles. The van der Waals surface area contributed by atoms with Gasteiger partial charge in [0.1, 0.15) is 6.54 Å². The van der Waals surface area contributed by atoms with Gasteiger partial charge in [0.25, 0.3) is 0 Å². The Labute approximate surface area is 198 Å². The van der Waals surface area contributed by atoms with Gasteiger partial charge in [-0.3, -0.25) is 14.8 Å². The molecule has 0 spiro atoms. The van der Waals surface area contributed by atoms with E-state index in [9.17, 15) is 4.79 Å². The fourth-order valence-corrected chi connectivity index (χ4v) is 4.17. The second kappa shape index (κ2) is 8.41. The van der Waals surface area contributed by atoms with Gasteiger partial charge in [-0.15, -0.1) is 0 Å². The van der Waals surface area contributed by atoms with Crippen LogP contribution in [0.5, 0.6) is 0 Å². The molecule has 5 aromatic rings. The summed E-state index contributed by atoms with van der Waals surface area (Å²) in [6.45, 7) is 0.472. The van der Waals surface area contributed by atoms with Crippen molar-refractivity contribution >= 4 is 11.6 Å². The predicted molar refractivity (Wildman–Crippen MR) is 136 cm³/mol. The highest BCUT2D eigenvalue weighted by Gasteiger charge is 2.32. The summed E-state index contributed by atoms with van der Waals surface area (Å²) >= 11 is 0. The first-order valence-electron chi connectivity index (χ1n) is 11.2. The van der Waals surface area contributed by atoms with Gasteiger partial charge in [0.15, 0.2) is 0 Å². The number of rotatable bonds is 5. The standard InChI is InChI=1S/C30H21N3O/c34-30-20-33(30)27-18-25(21-7-11-23(12-8-21)28-5-1-3-15-31-28)17-26(19-27)22-9-13-24(14-10-22)29-6-2-4-16-32-29/h1-19H,20H2. The van der Waals surface area contributed by atoms with E-state index >= 15 is 0 Å². The van der Waals surface area contributed by atoms with Crippen molar-refractivity contribution in [1.29, 1.82) is 0 Å². The summed E-state index contributed by atoms with van der Waals surface area (Å²) in [5.41, 5.74) is 9.34. The number of hydrogen-bond donors (Lipinski definition) is 0. The molecular formula is C30H21N3O. The van der Waals surface area contributed by atoms with Crippen LogP contribution in [0.1, 0.15) is 0 Å². The zero-order valence-electron chi connectivity index (χ0n) is 18.4. The molecule has 162 valence electrons. The average Bonchev–Trinajstić information content (AvgIpc) is 3.66. The summed E-state index contributed by atoms with van der Waals surface area (Å²) < 4.78 is 0. The number of carbonyl (C=O) groups is 1. The number of hydrogen-bond acceptors (Lipinski definition) is 3. The number of anilines is 1. The Kier molecular flexibility index (Phi) is 4.96. The van der Waals surface area contributed by atoms with Crippen molar-refractivity contribution in [2.75, 3.05) is 11.4 Å². The van der Waals surface area contributed by atoms with Gasteiger partial charge in [0.05, 0.1) is 11.4 Å². The van der Waals surface area contributed by atoms with Crippen molar-refractivity contribution in [3.05, 3.63) is 116 Å². The molecule has 0 bridgehead atoms. The van der Waals surface area contributed by atoms with Gasteiger partial charge in [-0.05, 0) is 64.7 Å². The van der Waals surface area contributed by atoms with E-state index in [1.54, 1.807) is 17.3 Å². The van der Waals surface area contributed by atoms with Gasteiger partial charge in [0, 0.05) is 29.2 Å². The Morgan fingerprint density at radius 1 is 0.529 bits per heavy atom. The van der Waals surface area contributed by atoms with Crippen molar-refractivity contribution in [3.8, 4) is 44.8 Å². The minimum absolute atomic E-state index is 0.152. The summed E-state index contributed by atoms with van der Waals surface area (Å²) in [5.74, 6) is 0.152. The molecule has 0 N–H and O–H groups in total. The van der Waals surface area contributed by atoms with Crippen molar-refractivity contribution in [1.82, 2.24) is 9.97 Å². The van der Waals surface area contributed by atoms with Crippen molar-refractivity contribution < 1.29 is 4.79 Å². The lowest BCUT2D eigenvalue weighted by Gasteiger charge is -2.12. The van der Waals surface area contributed by atoms with E-state index in [1.165, 1.54) is 0 Å². The Bertz CT molecular complexity index is 1360. The normalized spacial score (nSPS) is 12.6. The molecule has 4 heteroatoms. The van der Waals surface area contributed by atoms with Gasteiger partial charge in [-0.2, -0.15) is 0 Å². The molecule has 3 aromatic carbocycles. The van der Waals surface area contributed by atoms with Crippen LogP contribution in [0.15, 0.2) is 116 Å². The Hall–Kier alpha value is -4.57. The van der Waals surface area contributed by atoms with E-state index in [-0.39, 0.29) is 5.91 Å². The number of pyridine rings is 2. The lowest BCUT2D eigenvalue weighted by molar-refractivity contribution is -0.109. The second-order valence-electron chi connectivity index (χ2n) is 8.33. The SMILES string of the molecule is O=C1CN1c1cc(-c2ccc(-c3ccccn3)cc2)cc(-c2ccc(-c3ccccn3)cc2)c1. The van der Waals surface area contributed by atoms with E-state index in [2.05, 4.69) is 76.7 Å². The summed E-state index contributed by atoms with van der Waals surface area (Å²) in [6.07, 6.45) is 3.61. The molecule has 0 unspecified atom stereocenters. The molecular weight excluding hydrogens is 418 g/mol.